The molecule has 0 aromatic carbocycles. The average Bonchev–Trinajstić information content (AvgIpc) is 3.30. The van der Waals surface area contributed by atoms with Gasteiger partial charge in [0.15, 0.2) is 5.13 Å². The van der Waals surface area contributed by atoms with Gasteiger partial charge in [-0.15, -0.1) is 22.7 Å². The molecule has 3 rings (SSSR count). The summed E-state index contributed by atoms with van der Waals surface area (Å²) in [5.74, 6) is -0.282. The van der Waals surface area contributed by atoms with Crippen molar-refractivity contribution in [3.8, 4) is 0 Å². The third-order valence-electron chi connectivity index (χ3n) is 3.91. The van der Waals surface area contributed by atoms with Crippen LogP contribution in [0.15, 0.2) is 22.9 Å². The van der Waals surface area contributed by atoms with E-state index in [1.54, 1.807) is 16.2 Å². The Kier molecular flexibility index (Phi) is 6.17. The normalized spacial score (nSPS) is 16.8. The van der Waals surface area contributed by atoms with E-state index in [1.165, 1.54) is 11.3 Å². The molecule has 0 spiro atoms. The molecule has 6 nitrogen and oxygen atoms in total. The first-order chi connectivity index (χ1) is 12.1. The zero-order valence-corrected chi connectivity index (χ0v) is 15.7. The lowest BCUT2D eigenvalue weighted by Gasteiger charge is -2.24. The average molecular weight is 380 g/mol. The number of thiazole rings is 1. The van der Waals surface area contributed by atoms with Gasteiger partial charge in [-0.3, -0.25) is 9.59 Å². The maximum Gasteiger partial charge on any atom is 0.245 e. The molecule has 2 aromatic rings. The van der Waals surface area contributed by atoms with Gasteiger partial charge in [0.2, 0.25) is 11.8 Å². The highest BCUT2D eigenvalue weighted by Gasteiger charge is 2.25. The van der Waals surface area contributed by atoms with Crippen LogP contribution >= 0.6 is 22.7 Å². The highest BCUT2D eigenvalue weighted by atomic mass is 32.1. The van der Waals surface area contributed by atoms with Crippen molar-refractivity contribution in [3.05, 3.63) is 33.5 Å². The summed E-state index contributed by atoms with van der Waals surface area (Å²) in [5, 5.41) is 7.15. The fourth-order valence-corrected chi connectivity index (χ4v) is 4.11. The van der Waals surface area contributed by atoms with Crippen LogP contribution in [0.25, 0.3) is 0 Å². The molecule has 0 bridgehead atoms. The molecule has 134 valence electrons. The first kappa shape index (κ1) is 18.0. The summed E-state index contributed by atoms with van der Waals surface area (Å²) < 4.78 is 5.64. The summed E-state index contributed by atoms with van der Waals surface area (Å²) in [4.78, 5) is 31.8. The van der Waals surface area contributed by atoms with Gasteiger partial charge in [0.05, 0.1) is 18.2 Å². The minimum absolute atomic E-state index is 0.0159. The Morgan fingerprint density at radius 2 is 2.32 bits per heavy atom. The smallest absolute Gasteiger partial charge is 0.245 e. The second-order valence-electron chi connectivity index (χ2n) is 6.01. The minimum Gasteiger partial charge on any atom is -0.376 e. The Labute approximate surface area is 154 Å². The molecule has 1 saturated heterocycles. The molecule has 1 fully saturated rings. The van der Waals surface area contributed by atoms with Crippen molar-refractivity contribution < 1.29 is 14.3 Å². The van der Waals surface area contributed by atoms with Crippen LogP contribution < -0.4 is 5.32 Å². The molecule has 0 aliphatic carbocycles. The van der Waals surface area contributed by atoms with Crippen LogP contribution in [0.5, 0.6) is 0 Å². The van der Waals surface area contributed by atoms with E-state index in [2.05, 4.69) is 10.3 Å². The van der Waals surface area contributed by atoms with Crippen molar-refractivity contribution in [3.63, 3.8) is 0 Å². The molecule has 1 N–H and O–H groups in total. The lowest BCUT2D eigenvalue weighted by atomic mass is 10.2. The van der Waals surface area contributed by atoms with Crippen molar-refractivity contribution in [1.29, 1.82) is 0 Å². The quantitative estimate of drug-likeness (QED) is 0.803. The van der Waals surface area contributed by atoms with Gasteiger partial charge in [-0.2, -0.15) is 0 Å². The molecule has 8 heteroatoms. The van der Waals surface area contributed by atoms with Crippen molar-refractivity contribution in [2.75, 3.05) is 25.0 Å². The number of rotatable bonds is 7. The molecular formula is C17H21N3O3S2. The van der Waals surface area contributed by atoms with E-state index in [4.69, 9.17) is 4.74 Å². The summed E-state index contributed by atoms with van der Waals surface area (Å²) in [6, 6.07) is 3.86. The highest BCUT2D eigenvalue weighted by Crippen LogP contribution is 2.17. The van der Waals surface area contributed by atoms with Gasteiger partial charge in [-0.1, -0.05) is 6.07 Å². The maximum atomic E-state index is 12.7. The van der Waals surface area contributed by atoms with Crippen LogP contribution in [0.4, 0.5) is 5.13 Å². The van der Waals surface area contributed by atoms with Crippen LogP contribution in [-0.4, -0.2) is 47.5 Å². The van der Waals surface area contributed by atoms with Crippen LogP contribution in [0, 0.1) is 6.92 Å². The Hall–Kier alpha value is -1.77. The van der Waals surface area contributed by atoms with Gasteiger partial charge in [0.1, 0.15) is 6.54 Å². The van der Waals surface area contributed by atoms with Gasteiger partial charge in [0, 0.05) is 23.4 Å². The van der Waals surface area contributed by atoms with E-state index in [1.807, 2.05) is 29.8 Å². The predicted molar refractivity (Wildman–Crippen MR) is 99.1 cm³/mol. The number of thiophene rings is 1. The third-order valence-corrected chi connectivity index (χ3v) is 5.66. The molecule has 2 aromatic heterocycles. The Balaban J connectivity index is 1.62. The van der Waals surface area contributed by atoms with Gasteiger partial charge < -0.3 is 15.0 Å². The number of carbonyl (C=O) groups excluding carboxylic acids is 2. The Morgan fingerprint density at radius 1 is 1.44 bits per heavy atom. The fraction of sp³-hybridized carbons (Fsp3) is 0.471. The van der Waals surface area contributed by atoms with Crippen molar-refractivity contribution in [1.82, 2.24) is 9.88 Å². The Bertz CT molecular complexity index is 709. The largest absolute Gasteiger partial charge is 0.376 e. The maximum absolute atomic E-state index is 12.7. The number of nitrogens with zero attached hydrogens (tertiary/aromatic N) is 2. The topological polar surface area (TPSA) is 71.5 Å². The molecule has 25 heavy (non-hydrogen) atoms. The molecule has 2 amide bonds. The van der Waals surface area contributed by atoms with Crippen molar-refractivity contribution in [2.24, 2.45) is 0 Å². The van der Waals surface area contributed by atoms with E-state index < -0.39 is 0 Å². The molecule has 0 radical (unpaired) electrons. The van der Waals surface area contributed by atoms with Gasteiger partial charge in [0.25, 0.3) is 0 Å². The number of aryl methyl sites for hydroxylation is 1. The zero-order valence-electron chi connectivity index (χ0n) is 14.1. The zero-order chi connectivity index (χ0) is 17.6. The van der Waals surface area contributed by atoms with Crippen LogP contribution in [-0.2, 0) is 20.7 Å². The van der Waals surface area contributed by atoms with E-state index in [9.17, 15) is 9.59 Å². The van der Waals surface area contributed by atoms with Gasteiger partial charge in [-0.25, -0.2) is 4.98 Å². The first-order valence-corrected chi connectivity index (χ1v) is 10.00. The number of nitrogens with one attached hydrogen (secondary N) is 1. The second kappa shape index (κ2) is 8.55. The van der Waals surface area contributed by atoms with Crippen molar-refractivity contribution in [2.45, 2.75) is 32.3 Å². The predicted octanol–water partition coefficient (Wildman–Crippen LogP) is 2.70. The Morgan fingerprint density at radius 3 is 2.96 bits per heavy atom. The molecule has 1 atom stereocenters. The van der Waals surface area contributed by atoms with Gasteiger partial charge in [-0.05, 0) is 31.2 Å². The third kappa shape index (κ3) is 5.35. The number of anilines is 1. The number of carbonyl (C=O) groups is 2. The molecule has 0 saturated carbocycles. The van der Waals surface area contributed by atoms with Crippen molar-refractivity contribution >= 4 is 39.6 Å². The number of hydrogen-bond donors (Lipinski definition) is 1. The monoisotopic (exact) mass is 379 g/mol. The molecule has 1 unspecified atom stereocenters. The SMILES string of the molecule is Cc1csc(NC(=O)CN(CC2CCCO2)C(=O)Cc2cccs2)n1. The highest BCUT2D eigenvalue weighted by molar-refractivity contribution is 7.13. The minimum atomic E-state index is -0.230. The summed E-state index contributed by atoms with van der Waals surface area (Å²) >= 11 is 2.93. The van der Waals surface area contributed by atoms with Crippen LogP contribution in [0.2, 0.25) is 0 Å². The number of hydrogen-bond acceptors (Lipinski definition) is 6. The second-order valence-corrected chi connectivity index (χ2v) is 7.90. The summed E-state index contributed by atoms with van der Waals surface area (Å²) in [6.07, 6.45) is 2.26. The summed E-state index contributed by atoms with van der Waals surface area (Å²) in [5.41, 5.74) is 0.866. The summed E-state index contributed by atoms with van der Waals surface area (Å²) in [6.45, 7) is 3.07. The number of amides is 2. The molecular weight excluding hydrogens is 358 g/mol. The first-order valence-electron chi connectivity index (χ1n) is 8.24. The van der Waals surface area contributed by atoms with E-state index in [-0.39, 0.29) is 24.5 Å². The summed E-state index contributed by atoms with van der Waals surface area (Å²) in [7, 11) is 0. The van der Waals surface area contributed by atoms with E-state index in [0.717, 1.165) is 30.0 Å². The molecule has 1 aliphatic heterocycles. The lowest BCUT2D eigenvalue weighted by Crippen LogP contribution is -2.43. The lowest BCUT2D eigenvalue weighted by molar-refractivity contribution is -0.135. The standard InChI is InChI=1S/C17H21N3O3S2/c1-12-11-25-17(18-12)19-15(21)10-20(9-13-4-2-6-23-13)16(22)8-14-5-3-7-24-14/h3,5,7,11,13H,2,4,6,8-10H2,1H3,(H,18,19,21). The molecule has 1 aliphatic rings. The molecule has 3 heterocycles. The van der Waals surface area contributed by atoms with E-state index >= 15 is 0 Å². The number of ether oxygens (including phenoxy) is 1. The van der Waals surface area contributed by atoms with Crippen LogP contribution in [0.1, 0.15) is 23.4 Å². The van der Waals surface area contributed by atoms with Crippen LogP contribution in [0.3, 0.4) is 0 Å². The van der Waals surface area contributed by atoms with Gasteiger partial charge >= 0.3 is 0 Å². The van der Waals surface area contributed by atoms with E-state index in [0.29, 0.717) is 18.1 Å². The number of aromatic nitrogens is 1. The fourth-order valence-electron chi connectivity index (χ4n) is 2.71.